The summed E-state index contributed by atoms with van der Waals surface area (Å²) >= 11 is 0. The van der Waals surface area contributed by atoms with Gasteiger partial charge in [-0.25, -0.2) is 24.3 Å². The Morgan fingerprint density at radius 3 is 2.56 bits per heavy atom. The van der Waals surface area contributed by atoms with Gasteiger partial charge in [-0.15, -0.1) is 5.10 Å². The number of hydrogen-bond donors (Lipinski definition) is 2. The van der Waals surface area contributed by atoms with Gasteiger partial charge in [0.2, 0.25) is 5.95 Å². The third-order valence-corrected chi connectivity index (χ3v) is 8.76. The Balaban J connectivity index is 0.996. The smallest absolute Gasteiger partial charge is 0.318 e. The van der Waals surface area contributed by atoms with Crippen molar-refractivity contribution in [1.29, 1.82) is 0 Å². The molecule has 1 aliphatic carbocycles. The summed E-state index contributed by atoms with van der Waals surface area (Å²) in [6.07, 6.45) is 8.08. The van der Waals surface area contributed by atoms with E-state index in [-0.39, 0.29) is 29.4 Å². The molecule has 2 saturated heterocycles. The quantitative estimate of drug-likeness (QED) is 0.341. The van der Waals surface area contributed by atoms with Gasteiger partial charge in [0.25, 0.3) is 0 Å². The Morgan fingerprint density at radius 1 is 1.07 bits per heavy atom. The number of rotatable bonds is 8. The molecule has 212 valence electrons. The number of anilines is 1. The SMILES string of the molecule is Cc1cc(OCC2(c3ccccc3)CC2)cn2nc(C(O)CN3CC4(CCN(c5ncccn5)CC4)NC3=O)nc12. The fourth-order valence-corrected chi connectivity index (χ4v) is 6.13. The molecule has 11 nitrogen and oxygen atoms in total. The number of piperidine rings is 1. The van der Waals surface area contributed by atoms with Gasteiger partial charge < -0.3 is 25.0 Å². The van der Waals surface area contributed by atoms with Crippen LogP contribution < -0.4 is 15.0 Å². The summed E-state index contributed by atoms with van der Waals surface area (Å²) in [6, 6.07) is 14.1. The van der Waals surface area contributed by atoms with E-state index in [0.29, 0.717) is 24.7 Å². The number of nitrogens with one attached hydrogen (secondary N) is 1. The minimum absolute atomic E-state index is 0.0768. The van der Waals surface area contributed by atoms with Crippen LogP contribution in [0.25, 0.3) is 5.65 Å². The average Bonchev–Trinajstić information content (AvgIpc) is 3.57. The lowest BCUT2D eigenvalue weighted by Crippen LogP contribution is -2.52. The molecule has 1 saturated carbocycles. The van der Waals surface area contributed by atoms with Gasteiger partial charge in [0.05, 0.1) is 24.9 Å². The summed E-state index contributed by atoms with van der Waals surface area (Å²) in [5, 5.41) is 18.8. The molecule has 1 atom stereocenters. The van der Waals surface area contributed by atoms with Crippen LogP contribution in [-0.4, -0.2) is 78.9 Å². The predicted molar refractivity (Wildman–Crippen MR) is 152 cm³/mol. The molecule has 4 aromatic rings. The standard InChI is InChI=1S/C30H34N8O3/c1-21-16-23(41-20-29(8-9-29)22-6-3-2-4-7-22)17-38-26(21)33-25(35-38)24(39)18-37-19-30(34-28(37)40)10-14-36(15-11-30)27-31-12-5-13-32-27/h2-7,12-13,16-17,24,39H,8-11,14-15,18-20H2,1H3,(H,34,40). The van der Waals surface area contributed by atoms with Crippen LogP contribution in [0.2, 0.25) is 0 Å². The van der Waals surface area contributed by atoms with Crippen molar-refractivity contribution in [2.75, 3.05) is 37.7 Å². The lowest BCUT2D eigenvalue weighted by Gasteiger charge is -2.38. The summed E-state index contributed by atoms with van der Waals surface area (Å²) in [5.41, 5.74) is 2.63. The zero-order valence-electron chi connectivity index (χ0n) is 23.1. The van der Waals surface area contributed by atoms with Crippen LogP contribution in [0, 0.1) is 6.92 Å². The minimum Gasteiger partial charge on any atom is -0.491 e. The number of benzene rings is 1. The molecule has 3 fully saturated rings. The van der Waals surface area contributed by atoms with Crippen LogP contribution in [0.5, 0.6) is 5.75 Å². The van der Waals surface area contributed by atoms with Crippen molar-refractivity contribution in [1.82, 2.24) is 34.8 Å². The van der Waals surface area contributed by atoms with Crippen LogP contribution in [0.15, 0.2) is 61.1 Å². The molecule has 1 unspecified atom stereocenters. The van der Waals surface area contributed by atoms with E-state index in [1.54, 1.807) is 27.9 Å². The van der Waals surface area contributed by atoms with E-state index in [4.69, 9.17) is 4.74 Å². The second kappa shape index (κ2) is 9.99. The lowest BCUT2D eigenvalue weighted by molar-refractivity contribution is 0.121. The van der Waals surface area contributed by atoms with Crippen LogP contribution >= 0.6 is 0 Å². The number of pyridine rings is 1. The van der Waals surface area contributed by atoms with Crippen molar-refractivity contribution in [2.45, 2.75) is 49.7 Å². The minimum atomic E-state index is -1.01. The molecule has 0 bridgehead atoms. The van der Waals surface area contributed by atoms with E-state index >= 15 is 0 Å². The van der Waals surface area contributed by atoms with Gasteiger partial charge in [0.1, 0.15) is 11.9 Å². The molecular formula is C30H34N8O3. The van der Waals surface area contributed by atoms with E-state index in [9.17, 15) is 9.90 Å². The molecular weight excluding hydrogens is 520 g/mol. The third kappa shape index (κ3) is 4.94. The summed E-state index contributed by atoms with van der Waals surface area (Å²) in [5.74, 6) is 1.72. The van der Waals surface area contributed by atoms with Gasteiger partial charge in [-0.3, -0.25) is 0 Å². The number of β-amino-alcohol motifs (C(OH)–C–C–N with tert-alkyl or cyclic N) is 1. The van der Waals surface area contributed by atoms with Crippen LogP contribution in [-0.2, 0) is 5.41 Å². The second-order valence-corrected chi connectivity index (χ2v) is 11.7. The molecule has 3 aromatic heterocycles. The highest BCUT2D eigenvalue weighted by Gasteiger charge is 2.46. The molecule has 7 rings (SSSR count). The zero-order chi connectivity index (χ0) is 28.0. The molecule has 41 heavy (non-hydrogen) atoms. The topological polar surface area (TPSA) is 121 Å². The highest BCUT2D eigenvalue weighted by atomic mass is 16.5. The van der Waals surface area contributed by atoms with Gasteiger partial charge in [-0.1, -0.05) is 30.3 Å². The van der Waals surface area contributed by atoms with Crippen molar-refractivity contribution in [3.8, 4) is 5.75 Å². The Morgan fingerprint density at radius 2 is 1.83 bits per heavy atom. The number of hydrogen-bond acceptors (Lipinski definition) is 8. The summed E-state index contributed by atoms with van der Waals surface area (Å²) in [7, 11) is 0. The van der Waals surface area contributed by atoms with Gasteiger partial charge in [0.15, 0.2) is 11.5 Å². The molecule has 1 aromatic carbocycles. The van der Waals surface area contributed by atoms with Gasteiger partial charge in [0, 0.05) is 37.4 Å². The number of aryl methyl sites for hydroxylation is 1. The normalized spacial score (nSPS) is 19.9. The Bertz CT molecular complexity index is 1550. The Labute approximate surface area is 238 Å². The van der Waals surface area contributed by atoms with Crippen LogP contribution in [0.1, 0.15) is 48.7 Å². The van der Waals surface area contributed by atoms with Crippen molar-refractivity contribution in [3.63, 3.8) is 0 Å². The molecule has 1 spiro atoms. The number of urea groups is 1. The maximum atomic E-state index is 12.9. The fourth-order valence-electron chi connectivity index (χ4n) is 6.13. The van der Waals surface area contributed by atoms with Gasteiger partial charge in [-0.05, 0) is 55.9 Å². The van der Waals surface area contributed by atoms with Crippen molar-refractivity contribution < 1.29 is 14.6 Å². The van der Waals surface area contributed by atoms with Crippen LogP contribution in [0.4, 0.5) is 10.7 Å². The lowest BCUT2D eigenvalue weighted by atomic mass is 9.88. The number of aromatic nitrogens is 5. The van der Waals surface area contributed by atoms with E-state index < -0.39 is 6.10 Å². The Kier molecular flexibility index (Phi) is 6.26. The molecule has 3 aliphatic rings. The summed E-state index contributed by atoms with van der Waals surface area (Å²) < 4.78 is 7.91. The highest BCUT2D eigenvalue weighted by molar-refractivity contribution is 5.78. The van der Waals surface area contributed by atoms with E-state index in [0.717, 1.165) is 50.1 Å². The first-order chi connectivity index (χ1) is 19.9. The van der Waals surface area contributed by atoms with Gasteiger partial charge in [-0.2, -0.15) is 0 Å². The third-order valence-electron chi connectivity index (χ3n) is 8.76. The first-order valence-electron chi connectivity index (χ1n) is 14.2. The number of carbonyl (C=O) groups is 1. The summed E-state index contributed by atoms with van der Waals surface area (Å²) in [6.45, 7) is 4.73. The van der Waals surface area contributed by atoms with E-state index in [2.05, 4.69) is 54.5 Å². The van der Waals surface area contributed by atoms with Crippen molar-refractivity contribution in [3.05, 3.63) is 78.0 Å². The number of aliphatic hydroxyl groups is 1. The first kappa shape index (κ1) is 25.7. The van der Waals surface area contributed by atoms with Crippen LogP contribution in [0.3, 0.4) is 0 Å². The van der Waals surface area contributed by atoms with Crippen molar-refractivity contribution >= 4 is 17.6 Å². The number of nitrogens with zero attached hydrogens (tertiary/aromatic N) is 7. The molecule has 0 radical (unpaired) electrons. The zero-order valence-corrected chi connectivity index (χ0v) is 23.1. The first-order valence-corrected chi connectivity index (χ1v) is 14.2. The highest BCUT2D eigenvalue weighted by Crippen LogP contribution is 2.48. The number of aliphatic hydroxyl groups excluding tert-OH is 1. The predicted octanol–water partition coefficient (Wildman–Crippen LogP) is 3.04. The monoisotopic (exact) mass is 554 g/mol. The van der Waals surface area contributed by atoms with E-state index in [1.807, 2.05) is 25.3 Å². The largest absolute Gasteiger partial charge is 0.491 e. The maximum absolute atomic E-state index is 12.9. The molecule has 2 aliphatic heterocycles. The number of carbonyl (C=O) groups excluding carboxylic acids is 1. The van der Waals surface area contributed by atoms with Gasteiger partial charge >= 0.3 is 6.03 Å². The second-order valence-electron chi connectivity index (χ2n) is 11.7. The molecule has 2 amide bonds. The number of amides is 2. The maximum Gasteiger partial charge on any atom is 0.318 e. The molecule has 5 heterocycles. The number of ether oxygens (including phenoxy) is 1. The average molecular weight is 555 g/mol. The summed E-state index contributed by atoms with van der Waals surface area (Å²) in [4.78, 5) is 30.0. The van der Waals surface area contributed by atoms with Crippen molar-refractivity contribution in [2.24, 2.45) is 0 Å². The van der Waals surface area contributed by atoms with E-state index in [1.165, 1.54) is 5.56 Å². The number of fused-ring (bicyclic) bond motifs is 1. The Hall–Kier alpha value is -4.25. The molecule has 2 N–H and O–H groups in total. The fraction of sp³-hybridized carbons (Fsp3) is 0.433. The molecule has 11 heteroatoms.